The maximum Gasteiger partial charge on any atom is 0.416 e. The van der Waals surface area contributed by atoms with Crippen molar-refractivity contribution in [2.45, 2.75) is 24.0 Å². The van der Waals surface area contributed by atoms with E-state index in [1.54, 1.807) is 6.92 Å². The van der Waals surface area contributed by atoms with E-state index in [2.05, 4.69) is 5.32 Å². The Balaban J connectivity index is 2.01. The minimum Gasteiger partial charge on any atom is -0.383 e. The molecule has 0 radical (unpaired) electrons. The van der Waals surface area contributed by atoms with E-state index in [-0.39, 0.29) is 23.9 Å². The summed E-state index contributed by atoms with van der Waals surface area (Å²) in [6, 6.07) is 3.27. The lowest BCUT2D eigenvalue weighted by Crippen LogP contribution is -2.55. The van der Waals surface area contributed by atoms with Crippen LogP contribution in [-0.2, 0) is 25.7 Å². The third-order valence-electron chi connectivity index (χ3n) is 4.60. The van der Waals surface area contributed by atoms with Gasteiger partial charge in [-0.05, 0) is 25.1 Å². The van der Waals surface area contributed by atoms with Gasteiger partial charge in [0.2, 0.25) is 15.9 Å². The Labute approximate surface area is 162 Å². The van der Waals surface area contributed by atoms with Crippen molar-refractivity contribution in [1.29, 1.82) is 0 Å². The van der Waals surface area contributed by atoms with Crippen LogP contribution in [0.1, 0.15) is 12.5 Å². The fraction of sp³-hybridized carbons (Fsp3) is 0.588. The molecule has 0 bridgehead atoms. The molecule has 11 heteroatoms. The normalized spacial score (nSPS) is 18.0. The number of hydrogen-bond donors (Lipinski definition) is 1. The van der Waals surface area contributed by atoms with E-state index in [4.69, 9.17) is 4.74 Å². The molecular weight excluding hydrogens is 399 g/mol. The van der Waals surface area contributed by atoms with Crippen molar-refractivity contribution >= 4 is 15.9 Å². The molecule has 0 saturated carbocycles. The summed E-state index contributed by atoms with van der Waals surface area (Å²) < 4.78 is 70.0. The summed E-state index contributed by atoms with van der Waals surface area (Å²) in [5, 5.41) is 2.72. The smallest absolute Gasteiger partial charge is 0.383 e. The van der Waals surface area contributed by atoms with Crippen LogP contribution in [0.2, 0.25) is 0 Å². The van der Waals surface area contributed by atoms with Crippen molar-refractivity contribution in [2.75, 3.05) is 46.4 Å². The van der Waals surface area contributed by atoms with E-state index in [0.29, 0.717) is 32.3 Å². The molecule has 2 rings (SSSR count). The second kappa shape index (κ2) is 9.21. The van der Waals surface area contributed by atoms with Gasteiger partial charge in [-0.15, -0.1) is 0 Å². The summed E-state index contributed by atoms with van der Waals surface area (Å²) in [5.74, 6) is -0.189. The quantitative estimate of drug-likeness (QED) is 0.666. The molecule has 7 nitrogen and oxygen atoms in total. The molecule has 1 N–H and O–H groups in total. The maximum atomic E-state index is 12.9. The summed E-state index contributed by atoms with van der Waals surface area (Å²) >= 11 is 0. The molecule has 1 amide bonds. The van der Waals surface area contributed by atoms with Gasteiger partial charge in [0.25, 0.3) is 0 Å². The van der Waals surface area contributed by atoms with Gasteiger partial charge >= 0.3 is 6.18 Å². The lowest BCUT2D eigenvalue weighted by molar-refractivity contribution is -0.137. The molecule has 0 aliphatic carbocycles. The molecule has 1 aliphatic rings. The summed E-state index contributed by atoms with van der Waals surface area (Å²) in [6.07, 6.45) is -4.62. The first-order valence-electron chi connectivity index (χ1n) is 8.75. The minimum atomic E-state index is -4.62. The highest BCUT2D eigenvalue weighted by Crippen LogP contribution is 2.31. The van der Waals surface area contributed by atoms with E-state index in [0.717, 1.165) is 22.5 Å². The van der Waals surface area contributed by atoms with Crippen molar-refractivity contribution < 1.29 is 31.1 Å². The zero-order valence-corrected chi connectivity index (χ0v) is 16.5. The highest BCUT2D eigenvalue weighted by Gasteiger charge is 2.35. The fourth-order valence-corrected chi connectivity index (χ4v) is 4.37. The molecule has 28 heavy (non-hydrogen) atoms. The molecule has 1 aliphatic heterocycles. The van der Waals surface area contributed by atoms with Crippen molar-refractivity contribution in [3.05, 3.63) is 29.8 Å². The lowest BCUT2D eigenvalue weighted by Gasteiger charge is -2.36. The van der Waals surface area contributed by atoms with Crippen molar-refractivity contribution in [3.63, 3.8) is 0 Å². The van der Waals surface area contributed by atoms with Crippen LogP contribution in [0.25, 0.3) is 0 Å². The van der Waals surface area contributed by atoms with Gasteiger partial charge in [0.15, 0.2) is 0 Å². The Kier molecular flexibility index (Phi) is 7.43. The van der Waals surface area contributed by atoms with Crippen molar-refractivity contribution in [1.82, 2.24) is 14.5 Å². The van der Waals surface area contributed by atoms with Crippen LogP contribution in [0.15, 0.2) is 29.2 Å². The molecular formula is C17H24F3N3O4S. The van der Waals surface area contributed by atoms with Gasteiger partial charge in [0.05, 0.1) is 23.1 Å². The van der Waals surface area contributed by atoms with Crippen LogP contribution in [0.5, 0.6) is 0 Å². The largest absolute Gasteiger partial charge is 0.416 e. The van der Waals surface area contributed by atoms with Gasteiger partial charge in [-0.2, -0.15) is 17.5 Å². The number of halogens is 3. The van der Waals surface area contributed by atoms with Gasteiger partial charge in [-0.1, -0.05) is 6.07 Å². The van der Waals surface area contributed by atoms with Crippen LogP contribution in [0.4, 0.5) is 13.2 Å². The molecule has 0 unspecified atom stereocenters. The number of nitrogens with zero attached hydrogens (tertiary/aromatic N) is 2. The van der Waals surface area contributed by atoms with Gasteiger partial charge in [-0.3, -0.25) is 9.69 Å². The molecule has 0 aromatic heterocycles. The van der Waals surface area contributed by atoms with E-state index < -0.39 is 27.8 Å². The molecule has 1 saturated heterocycles. The van der Waals surface area contributed by atoms with Crippen LogP contribution in [-0.4, -0.2) is 76.0 Å². The topological polar surface area (TPSA) is 79.0 Å². The second-order valence-corrected chi connectivity index (χ2v) is 8.36. The van der Waals surface area contributed by atoms with E-state index in [9.17, 15) is 26.4 Å². The predicted octanol–water partition coefficient (Wildman–Crippen LogP) is 1.16. The number of alkyl halides is 3. The molecule has 1 aromatic carbocycles. The molecule has 1 fully saturated rings. The SMILES string of the molecule is COCCNC(=O)[C@@H](C)N1CCN(S(=O)(=O)c2cccc(C(F)(F)F)c2)CC1. The molecule has 1 heterocycles. The molecule has 1 aromatic rings. The van der Waals surface area contributed by atoms with E-state index in [1.807, 2.05) is 4.90 Å². The Morgan fingerprint density at radius 3 is 2.46 bits per heavy atom. The van der Waals surface area contributed by atoms with E-state index in [1.165, 1.54) is 7.11 Å². The number of rotatable bonds is 7. The molecule has 0 spiro atoms. The van der Waals surface area contributed by atoms with Crippen LogP contribution >= 0.6 is 0 Å². The number of methoxy groups -OCH3 is 1. The number of nitrogens with one attached hydrogen (secondary N) is 1. The first-order valence-corrected chi connectivity index (χ1v) is 10.2. The number of ether oxygens (including phenoxy) is 1. The molecule has 158 valence electrons. The van der Waals surface area contributed by atoms with E-state index >= 15 is 0 Å². The van der Waals surface area contributed by atoms with Gasteiger partial charge in [0, 0.05) is 39.8 Å². The fourth-order valence-electron chi connectivity index (χ4n) is 2.90. The monoisotopic (exact) mass is 423 g/mol. The van der Waals surface area contributed by atoms with Crippen LogP contribution in [0.3, 0.4) is 0 Å². The zero-order chi connectivity index (χ0) is 20.9. The first kappa shape index (κ1) is 22.6. The Hall–Kier alpha value is -1.69. The number of benzene rings is 1. The summed E-state index contributed by atoms with van der Waals surface area (Å²) in [6.45, 7) is 3.28. The number of amides is 1. The number of piperazine rings is 1. The average molecular weight is 423 g/mol. The number of hydrogen-bond acceptors (Lipinski definition) is 5. The average Bonchev–Trinajstić information content (AvgIpc) is 2.67. The third-order valence-corrected chi connectivity index (χ3v) is 6.50. The number of carbonyl (C=O) groups excluding carboxylic acids is 1. The van der Waals surface area contributed by atoms with Gasteiger partial charge in [0.1, 0.15) is 0 Å². The Morgan fingerprint density at radius 1 is 1.25 bits per heavy atom. The summed E-state index contributed by atoms with van der Waals surface area (Å²) in [7, 11) is -2.51. The summed E-state index contributed by atoms with van der Waals surface area (Å²) in [5.41, 5.74) is -1.01. The maximum absolute atomic E-state index is 12.9. The highest BCUT2D eigenvalue weighted by molar-refractivity contribution is 7.89. The Morgan fingerprint density at radius 2 is 1.89 bits per heavy atom. The first-order chi connectivity index (χ1) is 13.1. The summed E-state index contributed by atoms with van der Waals surface area (Å²) in [4.78, 5) is 13.5. The molecule has 1 atom stereocenters. The second-order valence-electron chi connectivity index (χ2n) is 6.43. The third kappa shape index (κ3) is 5.43. The van der Waals surface area contributed by atoms with Crippen LogP contribution < -0.4 is 5.32 Å². The minimum absolute atomic E-state index is 0.0915. The Bertz CT molecular complexity index is 778. The van der Waals surface area contributed by atoms with Crippen molar-refractivity contribution in [3.8, 4) is 0 Å². The highest BCUT2D eigenvalue weighted by atomic mass is 32.2. The van der Waals surface area contributed by atoms with Gasteiger partial charge < -0.3 is 10.1 Å². The van der Waals surface area contributed by atoms with Gasteiger partial charge in [-0.25, -0.2) is 8.42 Å². The van der Waals surface area contributed by atoms with Crippen molar-refractivity contribution in [2.24, 2.45) is 0 Å². The lowest BCUT2D eigenvalue weighted by atomic mass is 10.2. The zero-order valence-electron chi connectivity index (χ0n) is 15.7. The standard InChI is InChI=1S/C17H24F3N3O4S/c1-13(16(24)21-6-11-27-2)22-7-9-23(10-8-22)28(25,26)15-5-3-4-14(12-15)17(18,19)20/h3-5,12-13H,6-11H2,1-2H3,(H,21,24)/t13-/m1/s1. The number of sulfonamides is 1. The number of carbonyl (C=O) groups is 1. The predicted molar refractivity (Wildman–Crippen MR) is 96.1 cm³/mol. The van der Waals surface area contributed by atoms with Crippen LogP contribution in [0, 0.1) is 0 Å².